The minimum absolute atomic E-state index is 0.272. The summed E-state index contributed by atoms with van der Waals surface area (Å²) in [7, 11) is 0. The van der Waals surface area contributed by atoms with Gasteiger partial charge < -0.3 is 4.74 Å². The number of nitrogens with zero attached hydrogens (tertiary/aromatic N) is 1. The number of hydrogen-bond donors (Lipinski definition) is 1. The van der Waals surface area contributed by atoms with Crippen molar-refractivity contribution in [2.75, 3.05) is 12.0 Å². The summed E-state index contributed by atoms with van der Waals surface area (Å²) in [6.45, 7) is 3.25. The third kappa shape index (κ3) is 3.92. The van der Waals surface area contributed by atoms with E-state index >= 15 is 0 Å². The molecular formula is C15H15FN2O3. The zero-order valence-corrected chi connectivity index (χ0v) is 11.7. The summed E-state index contributed by atoms with van der Waals surface area (Å²) < 4.78 is 19.1. The molecule has 1 heterocycles. The van der Waals surface area contributed by atoms with Crippen LogP contribution < -0.4 is 15.7 Å². The lowest BCUT2D eigenvalue weighted by atomic mass is 10.2. The highest BCUT2D eigenvalue weighted by Gasteiger charge is 2.07. The zero-order chi connectivity index (χ0) is 15.4. The van der Waals surface area contributed by atoms with Gasteiger partial charge in [-0.2, -0.15) is 0 Å². The monoisotopic (exact) mass is 290 g/mol. The molecule has 6 heteroatoms. The van der Waals surface area contributed by atoms with E-state index < -0.39 is 5.91 Å². The van der Waals surface area contributed by atoms with Gasteiger partial charge in [0.25, 0.3) is 11.5 Å². The highest BCUT2D eigenvalue weighted by molar-refractivity contribution is 5.85. The largest absolute Gasteiger partial charge is 0.484 e. The molecule has 21 heavy (non-hydrogen) atoms. The van der Waals surface area contributed by atoms with Crippen molar-refractivity contribution in [3.8, 4) is 5.75 Å². The van der Waals surface area contributed by atoms with Crippen LogP contribution in [0.3, 0.4) is 0 Å². The van der Waals surface area contributed by atoms with Crippen molar-refractivity contribution in [1.29, 1.82) is 0 Å². The van der Waals surface area contributed by atoms with E-state index in [1.807, 2.05) is 0 Å². The van der Waals surface area contributed by atoms with Crippen LogP contribution in [-0.4, -0.2) is 17.2 Å². The molecule has 0 saturated heterocycles. The van der Waals surface area contributed by atoms with E-state index in [0.717, 1.165) is 10.2 Å². The second kappa shape index (κ2) is 6.21. The molecule has 2 rings (SSSR count). The van der Waals surface area contributed by atoms with E-state index in [2.05, 4.69) is 5.43 Å². The van der Waals surface area contributed by atoms with Crippen molar-refractivity contribution in [3.05, 3.63) is 63.8 Å². The van der Waals surface area contributed by atoms with Crippen molar-refractivity contribution in [2.45, 2.75) is 13.8 Å². The van der Waals surface area contributed by atoms with Gasteiger partial charge in [0.15, 0.2) is 6.61 Å². The number of halogens is 1. The molecule has 2 aromatic rings. The number of nitrogens with one attached hydrogen (secondary N) is 1. The summed E-state index contributed by atoms with van der Waals surface area (Å²) in [6, 6.07) is 8.53. The standard InChI is InChI=1S/C15H15FN2O3/c1-10-7-11(2)18(15(20)8-10)17-14(19)9-21-13-5-3-12(16)4-6-13/h3-8H,9H2,1-2H3,(H,17,19). The van der Waals surface area contributed by atoms with Crippen molar-refractivity contribution in [3.63, 3.8) is 0 Å². The summed E-state index contributed by atoms with van der Waals surface area (Å²) in [4.78, 5) is 23.5. The van der Waals surface area contributed by atoms with Gasteiger partial charge in [-0.25, -0.2) is 9.07 Å². The molecule has 5 nitrogen and oxygen atoms in total. The maximum atomic E-state index is 12.7. The second-order valence-corrected chi connectivity index (χ2v) is 4.63. The molecule has 0 spiro atoms. The van der Waals surface area contributed by atoms with Crippen molar-refractivity contribution in [1.82, 2.24) is 4.68 Å². The molecule has 1 aromatic carbocycles. The van der Waals surface area contributed by atoms with Crippen LogP contribution in [-0.2, 0) is 4.79 Å². The Balaban J connectivity index is 1.99. The Labute approximate surface area is 121 Å². The average molecular weight is 290 g/mol. The third-order valence-corrected chi connectivity index (χ3v) is 2.78. The molecule has 1 amide bonds. The quantitative estimate of drug-likeness (QED) is 0.933. The van der Waals surface area contributed by atoms with E-state index in [1.54, 1.807) is 19.9 Å². The lowest BCUT2D eigenvalue weighted by Gasteiger charge is -2.12. The van der Waals surface area contributed by atoms with Crippen LogP contribution in [0.1, 0.15) is 11.3 Å². The van der Waals surface area contributed by atoms with Crippen LogP contribution in [0.25, 0.3) is 0 Å². The fraction of sp³-hybridized carbons (Fsp3) is 0.200. The fourth-order valence-corrected chi connectivity index (χ4v) is 1.85. The van der Waals surface area contributed by atoms with E-state index in [0.29, 0.717) is 11.4 Å². The number of amides is 1. The molecule has 0 atom stereocenters. The molecule has 0 unspecified atom stereocenters. The van der Waals surface area contributed by atoms with Crippen molar-refractivity contribution in [2.24, 2.45) is 0 Å². The third-order valence-electron chi connectivity index (χ3n) is 2.78. The van der Waals surface area contributed by atoms with Crippen LogP contribution in [0.4, 0.5) is 4.39 Å². The highest BCUT2D eigenvalue weighted by Crippen LogP contribution is 2.10. The average Bonchev–Trinajstić information content (AvgIpc) is 2.42. The number of aryl methyl sites for hydroxylation is 2. The number of benzene rings is 1. The van der Waals surface area contributed by atoms with E-state index in [1.165, 1.54) is 30.3 Å². The van der Waals surface area contributed by atoms with Gasteiger partial charge in [0.1, 0.15) is 11.6 Å². The Bertz CT molecular complexity index is 708. The molecule has 0 aliphatic heterocycles. The number of hydrogen-bond acceptors (Lipinski definition) is 3. The number of pyridine rings is 1. The van der Waals surface area contributed by atoms with Gasteiger partial charge >= 0.3 is 0 Å². The van der Waals surface area contributed by atoms with Crippen molar-refractivity contribution >= 4 is 5.91 Å². The van der Waals surface area contributed by atoms with Gasteiger partial charge in [-0.05, 0) is 49.7 Å². The summed E-state index contributed by atoms with van der Waals surface area (Å²) in [5, 5.41) is 0. The van der Waals surface area contributed by atoms with E-state index in [-0.39, 0.29) is 18.0 Å². The molecule has 110 valence electrons. The first-order valence-corrected chi connectivity index (χ1v) is 6.34. The first-order chi connectivity index (χ1) is 9.95. The number of carbonyl (C=O) groups is 1. The summed E-state index contributed by atoms with van der Waals surface area (Å²) in [6.07, 6.45) is 0. The van der Waals surface area contributed by atoms with Crippen LogP contribution in [0.2, 0.25) is 0 Å². The molecule has 0 aliphatic carbocycles. The lowest BCUT2D eigenvalue weighted by Crippen LogP contribution is -2.36. The maximum Gasteiger partial charge on any atom is 0.276 e. The molecule has 0 aliphatic rings. The first-order valence-electron chi connectivity index (χ1n) is 6.34. The number of rotatable bonds is 4. The predicted octanol–water partition coefficient (Wildman–Crippen LogP) is 1.75. The number of ether oxygens (including phenoxy) is 1. The molecule has 0 bridgehead atoms. The van der Waals surface area contributed by atoms with E-state index in [4.69, 9.17) is 4.74 Å². The van der Waals surface area contributed by atoms with E-state index in [9.17, 15) is 14.0 Å². The van der Waals surface area contributed by atoms with Crippen molar-refractivity contribution < 1.29 is 13.9 Å². The highest BCUT2D eigenvalue weighted by atomic mass is 19.1. The van der Waals surface area contributed by atoms with Crippen LogP contribution in [0.15, 0.2) is 41.2 Å². The van der Waals surface area contributed by atoms with Gasteiger partial charge in [-0.15, -0.1) is 0 Å². The Morgan fingerprint density at radius 1 is 1.24 bits per heavy atom. The molecule has 1 aromatic heterocycles. The fourth-order valence-electron chi connectivity index (χ4n) is 1.85. The Morgan fingerprint density at radius 2 is 1.90 bits per heavy atom. The Hall–Kier alpha value is -2.63. The molecule has 1 N–H and O–H groups in total. The Kier molecular flexibility index (Phi) is 4.37. The molecular weight excluding hydrogens is 275 g/mol. The van der Waals surface area contributed by atoms with Gasteiger partial charge in [0, 0.05) is 11.8 Å². The Morgan fingerprint density at radius 3 is 2.52 bits per heavy atom. The second-order valence-electron chi connectivity index (χ2n) is 4.63. The van der Waals surface area contributed by atoms with Crippen LogP contribution >= 0.6 is 0 Å². The summed E-state index contributed by atoms with van der Waals surface area (Å²) >= 11 is 0. The van der Waals surface area contributed by atoms with Crippen LogP contribution in [0, 0.1) is 19.7 Å². The number of aromatic nitrogens is 1. The summed E-state index contributed by atoms with van der Waals surface area (Å²) in [5.74, 6) is -0.485. The zero-order valence-electron chi connectivity index (χ0n) is 11.7. The molecule has 0 radical (unpaired) electrons. The molecule has 0 fully saturated rings. The van der Waals surface area contributed by atoms with Gasteiger partial charge in [0.05, 0.1) is 0 Å². The van der Waals surface area contributed by atoms with Gasteiger partial charge in [0.2, 0.25) is 0 Å². The number of carbonyl (C=O) groups excluding carboxylic acids is 1. The minimum Gasteiger partial charge on any atom is -0.484 e. The van der Waals surface area contributed by atoms with Gasteiger partial charge in [-0.3, -0.25) is 15.0 Å². The smallest absolute Gasteiger partial charge is 0.276 e. The minimum atomic E-state index is -0.478. The topological polar surface area (TPSA) is 60.3 Å². The lowest BCUT2D eigenvalue weighted by molar-refractivity contribution is -0.119. The SMILES string of the molecule is Cc1cc(C)n(NC(=O)COc2ccc(F)cc2)c(=O)c1. The predicted molar refractivity (Wildman–Crippen MR) is 76.4 cm³/mol. The van der Waals surface area contributed by atoms with Crippen LogP contribution in [0.5, 0.6) is 5.75 Å². The maximum absolute atomic E-state index is 12.7. The van der Waals surface area contributed by atoms with Gasteiger partial charge in [-0.1, -0.05) is 0 Å². The summed E-state index contributed by atoms with van der Waals surface area (Å²) in [5.41, 5.74) is 3.58. The molecule has 0 saturated carbocycles. The normalized spacial score (nSPS) is 10.2. The first kappa shape index (κ1) is 14.8.